The number of piperazine rings is 1. The summed E-state index contributed by atoms with van der Waals surface area (Å²) >= 11 is 0. The number of nitrogens with zero attached hydrogens (tertiary/aromatic N) is 2. The maximum Gasteiger partial charge on any atom is 0.262 e. The molecule has 1 aliphatic heterocycles. The van der Waals surface area contributed by atoms with Crippen LogP contribution in [0.5, 0.6) is 11.5 Å². The minimum absolute atomic E-state index is 0.0580. The van der Waals surface area contributed by atoms with E-state index in [-0.39, 0.29) is 18.3 Å². The third-order valence-electron chi connectivity index (χ3n) is 4.86. The summed E-state index contributed by atoms with van der Waals surface area (Å²) in [6, 6.07) is 14.0. The first kappa shape index (κ1) is 20.8. The van der Waals surface area contributed by atoms with Gasteiger partial charge in [0, 0.05) is 37.4 Å². The van der Waals surface area contributed by atoms with E-state index in [1.807, 2.05) is 0 Å². The summed E-state index contributed by atoms with van der Waals surface area (Å²) in [6.45, 7) is 3.99. The lowest BCUT2D eigenvalue weighted by atomic mass is 10.1. The summed E-state index contributed by atoms with van der Waals surface area (Å²) in [5, 5.41) is 2.76. The SMILES string of the molecule is COc1ccc(NC(=O)COc2cccc(C(=O)CN3CCN(C)CC3)c2)cc1. The molecule has 1 N–H and O–H groups in total. The summed E-state index contributed by atoms with van der Waals surface area (Å²) in [6.07, 6.45) is 0. The zero-order valence-corrected chi connectivity index (χ0v) is 16.9. The molecule has 1 amide bonds. The molecule has 29 heavy (non-hydrogen) atoms. The van der Waals surface area contributed by atoms with Crippen LogP contribution in [0.15, 0.2) is 48.5 Å². The number of hydrogen-bond donors (Lipinski definition) is 1. The lowest BCUT2D eigenvalue weighted by molar-refractivity contribution is -0.118. The highest BCUT2D eigenvalue weighted by atomic mass is 16.5. The van der Waals surface area contributed by atoms with E-state index >= 15 is 0 Å². The van der Waals surface area contributed by atoms with Crippen molar-refractivity contribution in [3.05, 3.63) is 54.1 Å². The highest BCUT2D eigenvalue weighted by molar-refractivity contribution is 5.98. The first-order chi connectivity index (χ1) is 14.0. The Kier molecular flexibility index (Phi) is 7.21. The molecular weight excluding hydrogens is 370 g/mol. The Balaban J connectivity index is 1.49. The van der Waals surface area contributed by atoms with E-state index in [4.69, 9.17) is 9.47 Å². The Morgan fingerprint density at radius 3 is 2.41 bits per heavy atom. The highest BCUT2D eigenvalue weighted by Gasteiger charge is 2.17. The van der Waals surface area contributed by atoms with Crippen LogP contribution in [-0.4, -0.2) is 75.0 Å². The Bertz CT molecular complexity index is 830. The fourth-order valence-corrected chi connectivity index (χ4v) is 3.08. The van der Waals surface area contributed by atoms with Crippen molar-refractivity contribution in [2.24, 2.45) is 0 Å². The molecular formula is C22H27N3O4. The maximum absolute atomic E-state index is 12.6. The largest absolute Gasteiger partial charge is 0.497 e. The Morgan fingerprint density at radius 2 is 1.72 bits per heavy atom. The summed E-state index contributed by atoms with van der Waals surface area (Å²) in [4.78, 5) is 29.1. The molecule has 3 rings (SSSR count). The number of benzene rings is 2. The van der Waals surface area contributed by atoms with Crippen LogP contribution in [0.4, 0.5) is 5.69 Å². The van der Waals surface area contributed by atoms with E-state index in [1.165, 1.54) is 0 Å². The first-order valence-corrected chi connectivity index (χ1v) is 9.64. The zero-order valence-electron chi connectivity index (χ0n) is 16.9. The molecule has 1 saturated heterocycles. The molecule has 1 fully saturated rings. The summed E-state index contributed by atoms with van der Waals surface area (Å²) in [5.41, 5.74) is 1.26. The lowest BCUT2D eigenvalue weighted by Gasteiger charge is -2.31. The van der Waals surface area contributed by atoms with E-state index in [2.05, 4.69) is 22.2 Å². The van der Waals surface area contributed by atoms with Gasteiger partial charge in [-0.2, -0.15) is 0 Å². The smallest absolute Gasteiger partial charge is 0.262 e. The molecule has 0 aliphatic carbocycles. The summed E-state index contributed by atoms with van der Waals surface area (Å²) in [7, 11) is 3.68. The molecule has 154 valence electrons. The van der Waals surface area contributed by atoms with E-state index in [0.29, 0.717) is 23.5 Å². The van der Waals surface area contributed by atoms with E-state index in [0.717, 1.165) is 31.9 Å². The van der Waals surface area contributed by atoms with E-state index < -0.39 is 0 Å². The van der Waals surface area contributed by atoms with Gasteiger partial charge in [-0.25, -0.2) is 0 Å². The molecule has 1 aliphatic rings. The van der Waals surface area contributed by atoms with Crippen molar-refractivity contribution in [3.63, 3.8) is 0 Å². The second-order valence-corrected chi connectivity index (χ2v) is 7.10. The van der Waals surface area contributed by atoms with Crippen LogP contribution in [0.2, 0.25) is 0 Å². The number of Topliss-reactive ketones (excluding diaryl/α,β-unsaturated/α-hetero) is 1. The fraction of sp³-hybridized carbons (Fsp3) is 0.364. The number of nitrogens with one attached hydrogen (secondary N) is 1. The van der Waals surface area contributed by atoms with Gasteiger partial charge in [0.15, 0.2) is 12.4 Å². The van der Waals surface area contributed by atoms with Crippen molar-refractivity contribution in [1.82, 2.24) is 9.80 Å². The van der Waals surface area contributed by atoms with Crippen molar-refractivity contribution in [3.8, 4) is 11.5 Å². The molecule has 0 atom stereocenters. The fourth-order valence-electron chi connectivity index (χ4n) is 3.08. The van der Waals surface area contributed by atoms with Crippen LogP contribution in [0.3, 0.4) is 0 Å². The topological polar surface area (TPSA) is 71.1 Å². The molecule has 0 radical (unpaired) electrons. The molecule has 7 nitrogen and oxygen atoms in total. The zero-order chi connectivity index (χ0) is 20.6. The number of carbonyl (C=O) groups excluding carboxylic acids is 2. The van der Waals surface area contributed by atoms with Gasteiger partial charge in [-0.1, -0.05) is 12.1 Å². The Labute approximate surface area is 171 Å². The van der Waals surface area contributed by atoms with Gasteiger partial charge >= 0.3 is 0 Å². The number of methoxy groups -OCH3 is 1. The predicted octanol–water partition coefficient (Wildman–Crippen LogP) is 2.14. The number of carbonyl (C=O) groups is 2. The third-order valence-corrected chi connectivity index (χ3v) is 4.86. The van der Waals surface area contributed by atoms with E-state index in [1.54, 1.807) is 55.6 Å². The van der Waals surface area contributed by atoms with Gasteiger partial charge in [0.05, 0.1) is 13.7 Å². The number of rotatable bonds is 8. The molecule has 1 heterocycles. The van der Waals surface area contributed by atoms with Crippen LogP contribution >= 0.6 is 0 Å². The van der Waals surface area contributed by atoms with E-state index in [9.17, 15) is 9.59 Å². The van der Waals surface area contributed by atoms with Crippen molar-refractivity contribution in [1.29, 1.82) is 0 Å². The van der Waals surface area contributed by atoms with Crippen molar-refractivity contribution < 1.29 is 19.1 Å². The molecule has 0 unspecified atom stereocenters. The van der Waals surface area contributed by atoms with Gasteiger partial charge in [0.2, 0.25) is 0 Å². The van der Waals surface area contributed by atoms with Gasteiger partial charge in [-0.3, -0.25) is 14.5 Å². The second-order valence-electron chi connectivity index (χ2n) is 7.10. The number of likely N-dealkylation sites (N-methyl/N-ethyl adjacent to an activating group) is 1. The van der Waals surface area contributed by atoms with Crippen molar-refractivity contribution >= 4 is 17.4 Å². The number of ketones is 1. The molecule has 0 aromatic heterocycles. The van der Waals surface area contributed by atoms with Crippen LogP contribution < -0.4 is 14.8 Å². The molecule has 2 aromatic carbocycles. The van der Waals surface area contributed by atoms with Crippen LogP contribution in [0.1, 0.15) is 10.4 Å². The van der Waals surface area contributed by atoms with Gasteiger partial charge in [-0.05, 0) is 43.4 Å². The van der Waals surface area contributed by atoms with Crippen LogP contribution in [0.25, 0.3) is 0 Å². The van der Waals surface area contributed by atoms with Crippen molar-refractivity contribution in [2.45, 2.75) is 0 Å². The van der Waals surface area contributed by atoms with Crippen LogP contribution in [-0.2, 0) is 4.79 Å². The molecule has 7 heteroatoms. The lowest BCUT2D eigenvalue weighted by Crippen LogP contribution is -2.46. The quantitative estimate of drug-likeness (QED) is 0.689. The monoisotopic (exact) mass is 397 g/mol. The normalized spacial score (nSPS) is 15.0. The van der Waals surface area contributed by atoms with Crippen molar-refractivity contribution in [2.75, 3.05) is 58.8 Å². The predicted molar refractivity (Wildman–Crippen MR) is 112 cm³/mol. The molecule has 0 bridgehead atoms. The minimum atomic E-state index is -0.274. The molecule has 0 saturated carbocycles. The standard InChI is InChI=1S/C22H27N3O4/c1-24-10-12-25(13-11-24)15-21(26)17-4-3-5-20(14-17)29-16-22(27)23-18-6-8-19(28-2)9-7-18/h3-9,14H,10-13,15-16H2,1-2H3,(H,23,27). The summed E-state index contributed by atoms with van der Waals surface area (Å²) < 4.78 is 10.7. The second kappa shape index (κ2) is 10.0. The average molecular weight is 397 g/mol. The number of ether oxygens (including phenoxy) is 2. The van der Waals surface area contributed by atoms with Crippen LogP contribution in [0, 0.1) is 0 Å². The van der Waals surface area contributed by atoms with Gasteiger partial charge in [-0.15, -0.1) is 0 Å². The Hall–Kier alpha value is -2.90. The van der Waals surface area contributed by atoms with Gasteiger partial charge < -0.3 is 19.7 Å². The minimum Gasteiger partial charge on any atom is -0.497 e. The first-order valence-electron chi connectivity index (χ1n) is 9.64. The Morgan fingerprint density at radius 1 is 1.00 bits per heavy atom. The molecule has 2 aromatic rings. The van der Waals surface area contributed by atoms with Gasteiger partial charge in [0.25, 0.3) is 5.91 Å². The number of hydrogen-bond acceptors (Lipinski definition) is 6. The third kappa shape index (κ3) is 6.30. The summed E-state index contributed by atoms with van der Waals surface area (Å²) in [5.74, 6) is 1.00. The number of amides is 1. The number of anilines is 1. The highest BCUT2D eigenvalue weighted by Crippen LogP contribution is 2.16. The molecule has 0 spiro atoms. The van der Waals surface area contributed by atoms with Gasteiger partial charge in [0.1, 0.15) is 11.5 Å². The maximum atomic E-state index is 12.6. The average Bonchev–Trinajstić information content (AvgIpc) is 2.74.